The highest BCUT2D eigenvalue weighted by Crippen LogP contribution is 2.32. The molecule has 2 unspecified atom stereocenters. The quantitative estimate of drug-likeness (QED) is 0.925. The standard InChI is InChI=1S/C15H19N3O3S/c1-11(16)12-7-9-18(10-12)22(19,20)15-5-3-2-4-13(15)14-6-8-17-21-14/h2-6,8,11-12H,7,9-10,16H2,1H3. The van der Waals surface area contributed by atoms with Gasteiger partial charge < -0.3 is 10.3 Å². The Balaban J connectivity index is 1.97. The van der Waals surface area contributed by atoms with Crippen molar-refractivity contribution in [3.8, 4) is 11.3 Å². The molecule has 1 aromatic carbocycles. The highest BCUT2D eigenvalue weighted by atomic mass is 32.2. The molecule has 1 aliphatic rings. The van der Waals surface area contributed by atoms with Gasteiger partial charge >= 0.3 is 0 Å². The third-order valence-corrected chi connectivity index (χ3v) is 6.06. The Kier molecular flexibility index (Phi) is 4.03. The number of benzene rings is 1. The molecule has 7 heteroatoms. The van der Waals surface area contributed by atoms with Crippen LogP contribution in [0.4, 0.5) is 0 Å². The van der Waals surface area contributed by atoms with E-state index in [0.717, 1.165) is 6.42 Å². The molecule has 0 bridgehead atoms. The maximum absolute atomic E-state index is 12.9. The number of hydrogen-bond acceptors (Lipinski definition) is 5. The van der Waals surface area contributed by atoms with Gasteiger partial charge in [-0.1, -0.05) is 17.3 Å². The summed E-state index contributed by atoms with van der Waals surface area (Å²) in [5.41, 5.74) is 6.44. The predicted molar refractivity (Wildman–Crippen MR) is 82.5 cm³/mol. The van der Waals surface area contributed by atoms with E-state index in [4.69, 9.17) is 10.3 Å². The van der Waals surface area contributed by atoms with Gasteiger partial charge in [-0.05, 0) is 31.4 Å². The molecule has 2 atom stereocenters. The van der Waals surface area contributed by atoms with Gasteiger partial charge in [-0.15, -0.1) is 0 Å². The smallest absolute Gasteiger partial charge is 0.243 e. The molecular weight excluding hydrogens is 302 g/mol. The SMILES string of the molecule is CC(N)C1CCN(S(=O)(=O)c2ccccc2-c2ccno2)C1. The molecule has 1 aliphatic heterocycles. The lowest BCUT2D eigenvalue weighted by atomic mass is 10.0. The van der Waals surface area contributed by atoms with Crippen molar-refractivity contribution in [1.82, 2.24) is 9.46 Å². The first kappa shape index (κ1) is 15.2. The Morgan fingerprint density at radius 3 is 2.77 bits per heavy atom. The summed E-state index contributed by atoms with van der Waals surface area (Å²) >= 11 is 0. The number of nitrogens with two attached hydrogens (primary N) is 1. The molecule has 1 fully saturated rings. The van der Waals surface area contributed by atoms with E-state index in [0.29, 0.717) is 24.4 Å². The maximum Gasteiger partial charge on any atom is 0.243 e. The lowest BCUT2D eigenvalue weighted by Crippen LogP contribution is -2.33. The summed E-state index contributed by atoms with van der Waals surface area (Å²) in [5.74, 6) is 0.648. The van der Waals surface area contributed by atoms with Crippen LogP contribution in [0.25, 0.3) is 11.3 Å². The van der Waals surface area contributed by atoms with Gasteiger partial charge in [0.05, 0.1) is 11.1 Å². The van der Waals surface area contributed by atoms with Crippen LogP contribution in [0.3, 0.4) is 0 Å². The predicted octanol–water partition coefficient (Wildman–Crippen LogP) is 1.70. The van der Waals surface area contributed by atoms with E-state index >= 15 is 0 Å². The van der Waals surface area contributed by atoms with Crippen molar-refractivity contribution in [1.29, 1.82) is 0 Å². The normalized spacial score (nSPS) is 21.1. The highest BCUT2D eigenvalue weighted by Gasteiger charge is 2.35. The van der Waals surface area contributed by atoms with E-state index in [1.807, 2.05) is 6.92 Å². The molecular formula is C15H19N3O3S. The van der Waals surface area contributed by atoms with Crippen LogP contribution in [-0.4, -0.2) is 37.0 Å². The van der Waals surface area contributed by atoms with Crippen LogP contribution in [0.15, 0.2) is 45.9 Å². The van der Waals surface area contributed by atoms with Gasteiger partial charge in [-0.3, -0.25) is 0 Å². The first-order chi connectivity index (χ1) is 10.5. The van der Waals surface area contributed by atoms with Gasteiger partial charge in [-0.2, -0.15) is 4.31 Å². The second-order valence-corrected chi connectivity index (χ2v) is 7.55. The van der Waals surface area contributed by atoms with Crippen LogP contribution in [0, 0.1) is 5.92 Å². The molecule has 1 saturated heterocycles. The molecule has 0 saturated carbocycles. The molecule has 1 aromatic heterocycles. The van der Waals surface area contributed by atoms with Crippen LogP contribution in [0.1, 0.15) is 13.3 Å². The molecule has 2 N–H and O–H groups in total. The van der Waals surface area contributed by atoms with Gasteiger partial charge in [0.2, 0.25) is 10.0 Å². The summed E-state index contributed by atoms with van der Waals surface area (Å²) in [7, 11) is -3.57. The minimum Gasteiger partial charge on any atom is -0.356 e. The molecule has 2 aromatic rings. The van der Waals surface area contributed by atoms with E-state index in [-0.39, 0.29) is 16.9 Å². The Bertz CT molecular complexity index is 741. The third kappa shape index (κ3) is 2.67. The Morgan fingerprint density at radius 2 is 2.14 bits per heavy atom. The zero-order valence-corrected chi connectivity index (χ0v) is 13.2. The Labute approximate surface area is 129 Å². The molecule has 6 nitrogen and oxygen atoms in total. The van der Waals surface area contributed by atoms with Gasteiger partial charge in [0.1, 0.15) is 0 Å². The minimum atomic E-state index is -3.57. The Hall–Kier alpha value is -1.70. The van der Waals surface area contributed by atoms with Crippen molar-refractivity contribution in [2.24, 2.45) is 11.7 Å². The van der Waals surface area contributed by atoms with Crippen LogP contribution < -0.4 is 5.73 Å². The highest BCUT2D eigenvalue weighted by molar-refractivity contribution is 7.89. The fourth-order valence-corrected chi connectivity index (χ4v) is 4.50. The first-order valence-corrected chi connectivity index (χ1v) is 8.70. The molecule has 2 heterocycles. The largest absolute Gasteiger partial charge is 0.356 e. The van der Waals surface area contributed by atoms with Crippen molar-refractivity contribution in [2.75, 3.05) is 13.1 Å². The molecule has 0 aliphatic carbocycles. The number of nitrogens with zero attached hydrogens (tertiary/aromatic N) is 2. The van der Waals surface area contributed by atoms with Crippen LogP contribution >= 0.6 is 0 Å². The number of sulfonamides is 1. The fraction of sp³-hybridized carbons (Fsp3) is 0.400. The first-order valence-electron chi connectivity index (χ1n) is 7.26. The second-order valence-electron chi connectivity index (χ2n) is 5.64. The van der Waals surface area contributed by atoms with Gasteiger partial charge in [0.25, 0.3) is 0 Å². The topological polar surface area (TPSA) is 89.4 Å². The molecule has 22 heavy (non-hydrogen) atoms. The minimum absolute atomic E-state index is 0.00952. The summed E-state index contributed by atoms with van der Waals surface area (Å²) in [6.45, 7) is 2.88. The molecule has 0 radical (unpaired) electrons. The molecule has 118 valence electrons. The molecule has 0 spiro atoms. The summed E-state index contributed by atoms with van der Waals surface area (Å²) in [6.07, 6.45) is 2.29. The van der Waals surface area contributed by atoms with Crippen molar-refractivity contribution >= 4 is 10.0 Å². The van der Waals surface area contributed by atoms with E-state index in [9.17, 15) is 8.42 Å². The zero-order valence-electron chi connectivity index (χ0n) is 12.3. The van der Waals surface area contributed by atoms with Crippen molar-refractivity contribution < 1.29 is 12.9 Å². The number of aromatic nitrogens is 1. The lowest BCUT2D eigenvalue weighted by molar-refractivity contribution is 0.425. The summed E-state index contributed by atoms with van der Waals surface area (Å²) in [4.78, 5) is 0.247. The summed E-state index contributed by atoms with van der Waals surface area (Å²) in [6, 6.07) is 8.48. The molecule has 0 amide bonds. The lowest BCUT2D eigenvalue weighted by Gasteiger charge is -2.19. The van der Waals surface area contributed by atoms with E-state index < -0.39 is 10.0 Å². The number of hydrogen-bond donors (Lipinski definition) is 1. The average Bonchev–Trinajstić information content (AvgIpc) is 3.19. The Morgan fingerprint density at radius 1 is 1.36 bits per heavy atom. The van der Waals surface area contributed by atoms with Crippen LogP contribution in [-0.2, 0) is 10.0 Å². The average molecular weight is 321 g/mol. The van der Waals surface area contributed by atoms with Gasteiger partial charge in [0.15, 0.2) is 5.76 Å². The summed E-state index contributed by atoms with van der Waals surface area (Å²) < 4.78 is 32.5. The van der Waals surface area contributed by atoms with E-state index in [2.05, 4.69) is 5.16 Å². The van der Waals surface area contributed by atoms with Crippen molar-refractivity contribution in [3.63, 3.8) is 0 Å². The van der Waals surface area contributed by atoms with E-state index in [1.54, 1.807) is 30.3 Å². The monoisotopic (exact) mass is 321 g/mol. The van der Waals surface area contributed by atoms with Gasteiger partial charge in [-0.25, -0.2) is 8.42 Å². The molecule has 3 rings (SSSR count). The van der Waals surface area contributed by atoms with E-state index in [1.165, 1.54) is 10.5 Å². The van der Waals surface area contributed by atoms with Crippen LogP contribution in [0.5, 0.6) is 0 Å². The number of rotatable bonds is 4. The maximum atomic E-state index is 12.9. The zero-order chi connectivity index (χ0) is 15.7. The van der Waals surface area contributed by atoms with Crippen molar-refractivity contribution in [3.05, 3.63) is 36.5 Å². The third-order valence-electron chi connectivity index (χ3n) is 4.14. The van der Waals surface area contributed by atoms with Crippen LogP contribution in [0.2, 0.25) is 0 Å². The summed E-state index contributed by atoms with van der Waals surface area (Å²) in [5, 5.41) is 3.65. The fourth-order valence-electron chi connectivity index (χ4n) is 2.79. The van der Waals surface area contributed by atoms with Gasteiger partial charge in [0, 0.05) is 30.8 Å². The second kappa shape index (κ2) is 5.83. The van der Waals surface area contributed by atoms with Crippen molar-refractivity contribution in [2.45, 2.75) is 24.3 Å².